The van der Waals surface area contributed by atoms with Crippen LogP contribution < -0.4 is 10.1 Å². The molecule has 5 heteroatoms. The zero-order valence-corrected chi connectivity index (χ0v) is 22.6. The van der Waals surface area contributed by atoms with Crippen LogP contribution in [-0.4, -0.2) is 18.4 Å². The molecule has 0 bridgehead atoms. The van der Waals surface area contributed by atoms with E-state index in [1.807, 2.05) is 79.7 Å². The number of ketones is 1. The number of hydrogen-bond donors (Lipinski definition) is 1. The molecule has 0 aromatic heterocycles. The Labute approximate surface area is 230 Å². The van der Waals surface area contributed by atoms with E-state index in [1.165, 1.54) is 0 Å². The molecule has 2 atom stereocenters. The minimum Gasteiger partial charge on any atom is -0.489 e. The van der Waals surface area contributed by atoms with E-state index in [-0.39, 0.29) is 17.7 Å². The van der Waals surface area contributed by atoms with E-state index in [1.54, 1.807) is 0 Å². The van der Waals surface area contributed by atoms with Gasteiger partial charge in [-0.1, -0.05) is 92.2 Å². The molecule has 1 N–H and O–H groups in total. The van der Waals surface area contributed by atoms with Gasteiger partial charge in [-0.2, -0.15) is 0 Å². The number of carbonyl (C=O) groups is 2. The molecule has 0 saturated heterocycles. The van der Waals surface area contributed by atoms with Crippen molar-refractivity contribution in [2.45, 2.75) is 58.0 Å². The summed E-state index contributed by atoms with van der Waals surface area (Å²) in [6, 6.07) is 27.9. The Hall–Kier alpha value is -4.12. The fourth-order valence-corrected chi connectivity index (χ4v) is 5.55. The fraction of sp³-hybridized carbons (Fsp3) is 0.294. The lowest BCUT2D eigenvalue weighted by molar-refractivity contribution is -0.139. The number of rotatable bonds is 9. The van der Waals surface area contributed by atoms with Gasteiger partial charge in [0.05, 0.1) is 18.1 Å². The Kier molecular flexibility index (Phi) is 8.26. The molecule has 5 nitrogen and oxygen atoms in total. The summed E-state index contributed by atoms with van der Waals surface area (Å²) < 4.78 is 12.0. The number of nitrogens with one attached hydrogen (secondary N) is 1. The first-order valence-electron chi connectivity index (χ1n) is 13.8. The molecule has 0 fully saturated rings. The maximum absolute atomic E-state index is 13.9. The Morgan fingerprint density at radius 1 is 0.923 bits per heavy atom. The van der Waals surface area contributed by atoms with Gasteiger partial charge < -0.3 is 14.8 Å². The molecular weight excluding hydrogens is 486 g/mol. The van der Waals surface area contributed by atoms with E-state index in [0.29, 0.717) is 43.0 Å². The third-order valence-corrected chi connectivity index (χ3v) is 7.52. The summed E-state index contributed by atoms with van der Waals surface area (Å²) in [5, 5.41) is 3.44. The third-order valence-electron chi connectivity index (χ3n) is 7.52. The van der Waals surface area contributed by atoms with Gasteiger partial charge in [-0.25, -0.2) is 4.79 Å². The van der Waals surface area contributed by atoms with Crippen molar-refractivity contribution in [3.63, 3.8) is 0 Å². The minimum atomic E-state index is -0.563. The van der Waals surface area contributed by atoms with Crippen LogP contribution >= 0.6 is 0 Å². The van der Waals surface area contributed by atoms with Crippen LogP contribution in [-0.2, 0) is 20.9 Å². The molecule has 1 aliphatic heterocycles. The van der Waals surface area contributed by atoms with E-state index in [4.69, 9.17) is 9.47 Å². The second kappa shape index (κ2) is 12.2. The monoisotopic (exact) mass is 521 g/mol. The van der Waals surface area contributed by atoms with Crippen LogP contribution in [0.4, 0.5) is 0 Å². The number of carbonyl (C=O) groups excluding carboxylic acids is 2. The van der Waals surface area contributed by atoms with E-state index >= 15 is 0 Å². The van der Waals surface area contributed by atoms with Gasteiger partial charge in [0.1, 0.15) is 12.4 Å². The summed E-state index contributed by atoms with van der Waals surface area (Å²) >= 11 is 0. The smallest absolute Gasteiger partial charge is 0.336 e. The predicted octanol–water partition coefficient (Wildman–Crippen LogP) is 6.97. The maximum atomic E-state index is 13.9. The molecule has 1 aliphatic carbocycles. The summed E-state index contributed by atoms with van der Waals surface area (Å²) in [6.45, 7) is 4.69. The first-order valence-corrected chi connectivity index (χ1v) is 13.8. The summed E-state index contributed by atoms with van der Waals surface area (Å²) in [5.74, 6) is -0.162. The number of hydrogen-bond acceptors (Lipinski definition) is 5. The fourth-order valence-electron chi connectivity index (χ4n) is 5.55. The maximum Gasteiger partial charge on any atom is 0.336 e. The molecule has 3 aromatic rings. The minimum absolute atomic E-state index is 0.0480. The third kappa shape index (κ3) is 5.83. The number of ether oxygens (including phenoxy) is 2. The highest BCUT2D eigenvalue weighted by Gasteiger charge is 2.42. The average molecular weight is 522 g/mol. The van der Waals surface area contributed by atoms with Crippen LogP contribution in [0.3, 0.4) is 0 Å². The van der Waals surface area contributed by atoms with E-state index in [9.17, 15) is 9.59 Å². The van der Waals surface area contributed by atoms with Crippen molar-refractivity contribution >= 4 is 11.8 Å². The van der Waals surface area contributed by atoms with Crippen molar-refractivity contribution in [2.24, 2.45) is 0 Å². The second-order valence-corrected chi connectivity index (χ2v) is 10.2. The zero-order chi connectivity index (χ0) is 27.2. The number of allylic oxidation sites excluding steroid dienone is 3. The highest BCUT2D eigenvalue weighted by atomic mass is 16.5. The molecule has 39 heavy (non-hydrogen) atoms. The number of dihydropyridines is 1. The van der Waals surface area contributed by atoms with Crippen molar-refractivity contribution in [3.8, 4) is 5.75 Å². The number of para-hydroxylation sites is 1. The van der Waals surface area contributed by atoms with Gasteiger partial charge >= 0.3 is 5.97 Å². The van der Waals surface area contributed by atoms with Crippen LogP contribution in [0, 0.1) is 0 Å². The molecule has 0 unspecified atom stereocenters. The summed E-state index contributed by atoms with van der Waals surface area (Å²) in [7, 11) is 0. The highest BCUT2D eigenvalue weighted by molar-refractivity contribution is 6.04. The predicted molar refractivity (Wildman–Crippen MR) is 152 cm³/mol. The lowest BCUT2D eigenvalue weighted by atomic mass is 9.71. The van der Waals surface area contributed by atoms with Gasteiger partial charge in [-0.15, -0.1) is 0 Å². The Balaban J connectivity index is 1.55. The van der Waals surface area contributed by atoms with Gasteiger partial charge in [0.15, 0.2) is 5.78 Å². The van der Waals surface area contributed by atoms with Gasteiger partial charge in [0.2, 0.25) is 0 Å². The first kappa shape index (κ1) is 26.5. The Morgan fingerprint density at radius 3 is 2.36 bits per heavy atom. The highest BCUT2D eigenvalue weighted by Crippen LogP contribution is 2.47. The van der Waals surface area contributed by atoms with Crippen LogP contribution in [0.15, 0.2) is 107 Å². The zero-order valence-electron chi connectivity index (χ0n) is 22.6. The lowest BCUT2D eigenvalue weighted by Crippen LogP contribution is -2.36. The second-order valence-electron chi connectivity index (χ2n) is 10.2. The molecule has 0 spiro atoms. The van der Waals surface area contributed by atoms with E-state index in [2.05, 4.69) is 24.4 Å². The molecule has 2 aliphatic rings. The normalized spacial score (nSPS) is 18.9. The molecule has 200 valence electrons. The standard InChI is InChI=1S/C34H35NO4/c1-3-4-19-38-34(37)31-23(2)35-28-20-26(25-15-9-6-10-16-25)21-29(36)33(28)32(31)27-17-11-12-18-30(27)39-22-24-13-7-5-8-14-24/h5-18,26,32,35H,3-4,19-22H2,1-2H3/t26-,32+/m0/s1. The number of esters is 1. The Bertz CT molecular complexity index is 1390. The molecule has 5 rings (SSSR count). The molecule has 3 aromatic carbocycles. The lowest BCUT2D eigenvalue weighted by Gasteiger charge is -2.37. The molecule has 1 heterocycles. The summed E-state index contributed by atoms with van der Waals surface area (Å²) in [5.41, 5.74) is 5.72. The van der Waals surface area contributed by atoms with Crippen molar-refractivity contribution < 1.29 is 19.1 Å². The first-order chi connectivity index (χ1) is 19.1. The van der Waals surface area contributed by atoms with Gasteiger partial charge in [-0.3, -0.25) is 4.79 Å². The molecular formula is C34H35NO4. The summed E-state index contributed by atoms with van der Waals surface area (Å²) in [4.78, 5) is 27.4. The number of unbranched alkanes of at least 4 members (excludes halogenated alkanes) is 1. The quantitative estimate of drug-likeness (QED) is 0.243. The average Bonchev–Trinajstić information content (AvgIpc) is 2.96. The van der Waals surface area contributed by atoms with Crippen LogP contribution in [0.1, 0.15) is 68.1 Å². The van der Waals surface area contributed by atoms with Crippen molar-refractivity contribution in [3.05, 3.63) is 124 Å². The molecule has 0 saturated carbocycles. The SMILES string of the molecule is CCCCOC(=O)C1=C(C)NC2=C(C(=O)C[C@@H](c3ccccc3)C2)[C@@H]1c1ccccc1OCc1ccccc1. The van der Waals surface area contributed by atoms with Gasteiger partial charge in [-0.05, 0) is 42.9 Å². The molecule has 0 amide bonds. The van der Waals surface area contributed by atoms with Crippen molar-refractivity contribution in [2.75, 3.05) is 6.61 Å². The topological polar surface area (TPSA) is 64.6 Å². The van der Waals surface area contributed by atoms with Crippen LogP contribution in [0.2, 0.25) is 0 Å². The Morgan fingerprint density at radius 2 is 1.62 bits per heavy atom. The molecule has 0 radical (unpaired) electrons. The number of benzene rings is 3. The number of Topliss-reactive ketones (excluding diaryl/α,β-unsaturated/α-hetero) is 1. The van der Waals surface area contributed by atoms with E-state index < -0.39 is 5.92 Å². The summed E-state index contributed by atoms with van der Waals surface area (Å²) in [6.07, 6.45) is 2.81. The van der Waals surface area contributed by atoms with Crippen LogP contribution in [0.25, 0.3) is 0 Å². The van der Waals surface area contributed by atoms with Crippen LogP contribution in [0.5, 0.6) is 5.75 Å². The van der Waals surface area contributed by atoms with Crippen molar-refractivity contribution in [1.29, 1.82) is 0 Å². The van der Waals surface area contributed by atoms with E-state index in [0.717, 1.165) is 40.9 Å². The largest absolute Gasteiger partial charge is 0.489 e. The van der Waals surface area contributed by atoms with Gasteiger partial charge in [0.25, 0.3) is 0 Å². The van der Waals surface area contributed by atoms with Crippen molar-refractivity contribution in [1.82, 2.24) is 5.32 Å². The van der Waals surface area contributed by atoms with Gasteiger partial charge in [0, 0.05) is 29.0 Å².